The molecule has 0 aliphatic carbocycles. The number of carbonyl (C=O) groups excluding carboxylic acids is 2. The first-order valence-electron chi connectivity index (χ1n) is 9.21. The Morgan fingerprint density at radius 1 is 1.29 bits per heavy atom. The molecule has 1 aromatic heterocycles. The number of aromatic nitrogens is 1. The second-order valence-electron chi connectivity index (χ2n) is 6.87. The summed E-state index contributed by atoms with van der Waals surface area (Å²) in [6.45, 7) is 2.04. The molecule has 1 aromatic carbocycles. The molecule has 148 valence electrons. The van der Waals surface area contributed by atoms with Gasteiger partial charge in [-0.2, -0.15) is 0 Å². The largest absolute Gasteiger partial charge is 0.359 e. The van der Waals surface area contributed by atoms with Crippen molar-refractivity contribution in [3.05, 3.63) is 54.1 Å². The molecule has 2 aromatic rings. The Balaban J connectivity index is 1.76. The van der Waals surface area contributed by atoms with Crippen molar-refractivity contribution < 1.29 is 14.0 Å². The number of hydrogen-bond acceptors (Lipinski definition) is 4. The smallest absolute Gasteiger partial charge is 0.323 e. The van der Waals surface area contributed by atoms with Crippen molar-refractivity contribution in [2.75, 3.05) is 25.0 Å². The van der Waals surface area contributed by atoms with Crippen molar-refractivity contribution in [2.24, 2.45) is 11.7 Å². The second kappa shape index (κ2) is 8.79. The van der Waals surface area contributed by atoms with Gasteiger partial charge in [0.25, 0.3) is 0 Å². The first-order valence-corrected chi connectivity index (χ1v) is 9.21. The summed E-state index contributed by atoms with van der Waals surface area (Å²) in [5.41, 5.74) is 7.10. The van der Waals surface area contributed by atoms with Crippen LogP contribution in [-0.2, 0) is 11.3 Å². The number of urea groups is 1. The minimum Gasteiger partial charge on any atom is -0.359 e. The molecule has 0 bridgehead atoms. The van der Waals surface area contributed by atoms with Gasteiger partial charge in [-0.15, -0.1) is 0 Å². The molecule has 1 fully saturated rings. The van der Waals surface area contributed by atoms with Gasteiger partial charge in [0.15, 0.2) is 0 Å². The third-order valence-corrected chi connectivity index (χ3v) is 4.94. The molecule has 0 spiro atoms. The van der Waals surface area contributed by atoms with Gasteiger partial charge < -0.3 is 11.1 Å². The Bertz CT molecular complexity index is 838. The maximum Gasteiger partial charge on any atom is 0.323 e. The predicted octanol–water partition coefficient (Wildman–Crippen LogP) is 2.40. The van der Waals surface area contributed by atoms with Crippen LogP contribution in [0.1, 0.15) is 18.4 Å². The number of nitrogens with one attached hydrogen (secondary N) is 1. The molecule has 3 amide bonds. The quantitative estimate of drug-likeness (QED) is 0.827. The lowest BCUT2D eigenvalue weighted by Gasteiger charge is -2.31. The first kappa shape index (κ1) is 19.8. The Morgan fingerprint density at radius 2 is 2.04 bits per heavy atom. The van der Waals surface area contributed by atoms with Gasteiger partial charge in [-0.25, -0.2) is 9.18 Å². The first-order chi connectivity index (χ1) is 13.5. The van der Waals surface area contributed by atoms with Crippen LogP contribution >= 0.6 is 0 Å². The Labute approximate surface area is 163 Å². The fourth-order valence-electron chi connectivity index (χ4n) is 3.56. The van der Waals surface area contributed by atoms with Crippen LogP contribution in [0.3, 0.4) is 0 Å². The second-order valence-corrected chi connectivity index (χ2v) is 6.87. The van der Waals surface area contributed by atoms with E-state index < -0.39 is 11.8 Å². The highest BCUT2D eigenvalue weighted by Gasteiger charge is 2.24. The molecule has 28 heavy (non-hydrogen) atoms. The number of carbonyl (C=O) groups is 2. The van der Waals surface area contributed by atoms with Crippen molar-refractivity contribution in [2.45, 2.75) is 19.4 Å². The number of piperidine rings is 1. The van der Waals surface area contributed by atoms with Gasteiger partial charge in [0.1, 0.15) is 5.82 Å². The van der Waals surface area contributed by atoms with Crippen LogP contribution in [0.2, 0.25) is 0 Å². The molecular formula is C20H24FN5O2. The van der Waals surface area contributed by atoms with Crippen LogP contribution in [0.4, 0.5) is 20.6 Å². The molecule has 1 aliphatic heterocycles. The molecule has 3 N–H and O–H groups in total. The van der Waals surface area contributed by atoms with Crippen LogP contribution < -0.4 is 16.0 Å². The van der Waals surface area contributed by atoms with Crippen LogP contribution in [0, 0.1) is 11.7 Å². The standard InChI is InChI=1S/C20H24FN5O2/c1-23-19(27)15-4-7-25(8-5-15)13-14-9-16(21)11-18(10-14)26(20(22)28)17-3-2-6-24-12-17/h2-3,6,9-12,15H,4-5,7-8,13H2,1H3,(H2,22,28)(H,23,27). The highest BCUT2D eigenvalue weighted by molar-refractivity contribution is 5.98. The van der Waals surface area contributed by atoms with E-state index in [0.29, 0.717) is 17.9 Å². The number of amides is 3. The Morgan fingerprint density at radius 3 is 2.64 bits per heavy atom. The highest BCUT2D eigenvalue weighted by Crippen LogP contribution is 2.27. The molecule has 2 heterocycles. The topological polar surface area (TPSA) is 91.6 Å². The molecule has 3 rings (SSSR count). The molecule has 1 aliphatic rings. The summed E-state index contributed by atoms with van der Waals surface area (Å²) in [5.74, 6) is -0.343. The van der Waals surface area contributed by atoms with Gasteiger partial charge in [-0.3, -0.25) is 19.6 Å². The summed E-state index contributed by atoms with van der Waals surface area (Å²) in [5, 5.41) is 2.69. The van der Waals surface area contributed by atoms with Gasteiger partial charge in [0, 0.05) is 25.7 Å². The number of nitrogens with two attached hydrogens (primary N) is 1. The lowest BCUT2D eigenvalue weighted by atomic mass is 9.95. The zero-order valence-corrected chi connectivity index (χ0v) is 15.8. The fraction of sp³-hybridized carbons (Fsp3) is 0.350. The van der Waals surface area contributed by atoms with Gasteiger partial charge >= 0.3 is 6.03 Å². The third-order valence-electron chi connectivity index (χ3n) is 4.94. The molecule has 0 unspecified atom stereocenters. The highest BCUT2D eigenvalue weighted by atomic mass is 19.1. The van der Waals surface area contributed by atoms with Crippen LogP contribution in [0.5, 0.6) is 0 Å². The van der Waals surface area contributed by atoms with Crippen LogP contribution in [0.15, 0.2) is 42.7 Å². The minimum absolute atomic E-state index is 0.0280. The molecule has 1 saturated heterocycles. The number of nitrogens with zero attached hydrogens (tertiary/aromatic N) is 3. The van der Waals surface area contributed by atoms with E-state index in [-0.39, 0.29) is 11.8 Å². The summed E-state index contributed by atoms with van der Waals surface area (Å²) in [7, 11) is 1.65. The summed E-state index contributed by atoms with van der Waals surface area (Å²) in [6.07, 6.45) is 4.62. The maximum atomic E-state index is 14.3. The zero-order chi connectivity index (χ0) is 20.1. The Kier molecular flexibility index (Phi) is 6.20. The van der Waals surface area contributed by atoms with E-state index in [9.17, 15) is 14.0 Å². The van der Waals surface area contributed by atoms with E-state index in [1.165, 1.54) is 23.2 Å². The summed E-state index contributed by atoms with van der Waals surface area (Å²) < 4.78 is 14.3. The van der Waals surface area contributed by atoms with E-state index in [2.05, 4.69) is 15.2 Å². The van der Waals surface area contributed by atoms with Crippen molar-refractivity contribution in [3.63, 3.8) is 0 Å². The maximum absolute atomic E-state index is 14.3. The van der Waals surface area contributed by atoms with Crippen molar-refractivity contribution >= 4 is 23.3 Å². The lowest BCUT2D eigenvalue weighted by molar-refractivity contribution is -0.125. The molecule has 0 atom stereocenters. The monoisotopic (exact) mass is 385 g/mol. The normalized spacial score (nSPS) is 15.2. The van der Waals surface area contributed by atoms with Crippen LogP contribution in [0.25, 0.3) is 0 Å². The number of rotatable bonds is 5. The number of anilines is 2. The lowest BCUT2D eigenvalue weighted by Crippen LogP contribution is -2.39. The van der Waals surface area contributed by atoms with E-state index in [4.69, 9.17) is 5.73 Å². The summed E-state index contributed by atoms with van der Waals surface area (Å²) in [6, 6.07) is 7.14. The number of benzene rings is 1. The van der Waals surface area contributed by atoms with Gasteiger partial charge in [0.2, 0.25) is 5.91 Å². The number of primary amides is 1. The molecular weight excluding hydrogens is 361 g/mol. The van der Waals surface area contributed by atoms with E-state index in [0.717, 1.165) is 31.5 Å². The van der Waals surface area contributed by atoms with Crippen molar-refractivity contribution in [1.82, 2.24) is 15.2 Å². The van der Waals surface area contributed by atoms with E-state index in [1.807, 2.05) is 0 Å². The number of likely N-dealkylation sites (tertiary alicyclic amines) is 1. The summed E-state index contributed by atoms with van der Waals surface area (Å²) >= 11 is 0. The van der Waals surface area contributed by atoms with Gasteiger partial charge in [-0.1, -0.05) is 0 Å². The average Bonchev–Trinajstić information content (AvgIpc) is 2.68. The Hall–Kier alpha value is -3.00. The number of halogens is 1. The molecule has 7 nitrogen and oxygen atoms in total. The van der Waals surface area contributed by atoms with Crippen molar-refractivity contribution in [3.8, 4) is 0 Å². The van der Waals surface area contributed by atoms with Crippen LogP contribution in [-0.4, -0.2) is 42.0 Å². The van der Waals surface area contributed by atoms with Gasteiger partial charge in [0.05, 0.1) is 17.6 Å². The average molecular weight is 385 g/mol. The van der Waals surface area contributed by atoms with E-state index in [1.54, 1.807) is 31.4 Å². The predicted molar refractivity (Wildman–Crippen MR) is 104 cm³/mol. The van der Waals surface area contributed by atoms with Crippen molar-refractivity contribution in [1.29, 1.82) is 0 Å². The fourth-order valence-corrected chi connectivity index (χ4v) is 3.56. The molecule has 0 radical (unpaired) electrons. The summed E-state index contributed by atoms with van der Waals surface area (Å²) in [4.78, 5) is 31.2. The molecule has 8 heteroatoms. The number of hydrogen-bond donors (Lipinski definition) is 2. The third kappa shape index (κ3) is 4.64. The van der Waals surface area contributed by atoms with E-state index >= 15 is 0 Å². The number of pyridine rings is 1. The minimum atomic E-state index is -0.712. The molecule has 0 saturated carbocycles. The SMILES string of the molecule is CNC(=O)C1CCN(Cc2cc(F)cc(N(C(N)=O)c3cccnc3)c2)CC1. The van der Waals surface area contributed by atoms with Gasteiger partial charge in [-0.05, 0) is 61.8 Å². The zero-order valence-electron chi connectivity index (χ0n) is 15.8.